The molecule has 248 valence electrons. The molecule has 2 aliphatic rings. The van der Waals surface area contributed by atoms with E-state index in [1.54, 1.807) is 59.1 Å². The first-order valence-corrected chi connectivity index (χ1v) is 15.4. The van der Waals surface area contributed by atoms with Gasteiger partial charge in [-0.05, 0) is 70.7 Å². The van der Waals surface area contributed by atoms with E-state index in [0.717, 1.165) is 11.1 Å². The van der Waals surface area contributed by atoms with Crippen LogP contribution in [0.1, 0.15) is 52.2 Å². The Morgan fingerprint density at radius 1 is 0.913 bits per heavy atom. The number of carbonyl (C=O) groups is 5. The van der Waals surface area contributed by atoms with Crippen LogP contribution in [0.25, 0.3) is 0 Å². The number of benzene rings is 2. The van der Waals surface area contributed by atoms with Crippen LogP contribution in [0.4, 0.5) is 4.79 Å². The van der Waals surface area contributed by atoms with Crippen LogP contribution in [-0.4, -0.2) is 90.1 Å². The molecular weight excluding hydrogens is 592 g/mol. The Kier molecular flexibility index (Phi) is 10.7. The maximum absolute atomic E-state index is 13.8. The first kappa shape index (κ1) is 34.4. The van der Waals surface area contributed by atoms with E-state index in [2.05, 4.69) is 16.0 Å². The van der Waals surface area contributed by atoms with Gasteiger partial charge in [-0.3, -0.25) is 24.1 Å². The van der Waals surface area contributed by atoms with Gasteiger partial charge in [0.05, 0.1) is 19.8 Å². The molecule has 12 nitrogen and oxygen atoms in total. The van der Waals surface area contributed by atoms with Crippen molar-refractivity contribution in [3.05, 3.63) is 65.7 Å². The van der Waals surface area contributed by atoms with Gasteiger partial charge in [0.15, 0.2) is 5.78 Å². The lowest BCUT2D eigenvalue weighted by Crippen LogP contribution is -2.62. The predicted octanol–water partition coefficient (Wildman–Crippen LogP) is 2.32. The maximum atomic E-state index is 13.8. The molecule has 0 unspecified atom stereocenters. The van der Waals surface area contributed by atoms with E-state index in [1.807, 2.05) is 30.3 Å². The number of hydrogen-bond donors (Lipinski definition) is 3. The second-order valence-corrected chi connectivity index (χ2v) is 13.0. The quantitative estimate of drug-likeness (QED) is 0.283. The van der Waals surface area contributed by atoms with Gasteiger partial charge < -0.3 is 30.2 Å². The lowest BCUT2D eigenvalue weighted by Gasteiger charge is -2.40. The number of methoxy groups -OCH3 is 1. The number of rotatable bonds is 13. The van der Waals surface area contributed by atoms with Crippen LogP contribution in [0.5, 0.6) is 5.75 Å². The van der Waals surface area contributed by atoms with Crippen LogP contribution in [0.2, 0.25) is 0 Å². The molecule has 5 atom stereocenters. The molecule has 0 aromatic heterocycles. The number of epoxide rings is 1. The molecule has 2 aromatic carbocycles. The highest BCUT2D eigenvalue weighted by atomic mass is 16.6. The first-order chi connectivity index (χ1) is 21.7. The maximum Gasteiger partial charge on any atom is 0.410 e. The van der Waals surface area contributed by atoms with Crippen molar-refractivity contribution < 1.29 is 38.2 Å². The van der Waals surface area contributed by atoms with Gasteiger partial charge in [0.25, 0.3) is 0 Å². The van der Waals surface area contributed by atoms with Gasteiger partial charge >= 0.3 is 6.09 Å². The minimum absolute atomic E-state index is 0.108. The number of likely N-dealkylation sites (tertiary alicyclic amines) is 1. The van der Waals surface area contributed by atoms with E-state index in [1.165, 1.54) is 11.8 Å². The molecule has 2 aliphatic heterocycles. The smallest absolute Gasteiger partial charge is 0.410 e. The van der Waals surface area contributed by atoms with Crippen molar-refractivity contribution >= 4 is 29.6 Å². The van der Waals surface area contributed by atoms with Crippen LogP contribution in [0, 0.1) is 0 Å². The lowest BCUT2D eigenvalue weighted by atomic mass is 9.94. The molecule has 0 aliphatic carbocycles. The minimum atomic E-state index is -1.08. The van der Waals surface area contributed by atoms with E-state index >= 15 is 0 Å². The van der Waals surface area contributed by atoms with E-state index in [0.29, 0.717) is 18.7 Å². The molecule has 4 amide bonds. The molecule has 12 heteroatoms. The largest absolute Gasteiger partial charge is 0.497 e. The van der Waals surface area contributed by atoms with Gasteiger partial charge in [0.1, 0.15) is 35.1 Å². The van der Waals surface area contributed by atoms with Crippen molar-refractivity contribution in [2.45, 2.75) is 89.3 Å². The number of nitrogens with zero attached hydrogens (tertiary/aromatic N) is 1. The van der Waals surface area contributed by atoms with E-state index < -0.39 is 59.2 Å². The summed E-state index contributed by atoms with van der Waals surface area (Å²) in [6, 6.07) is 12.6. The summed E-state index contributed by atoms with van der Waals surface area (Å²) in [4.78, 5) is 67.4. The summed E-state index contributed by atoms with van der Waals surface area (Å²) in [5, 5.41) is 8.27. The summed E-state index contributed by atoms with van der Waals surface area (Å²) in [5.74, 6) is -1.28. The van der Waals surface area contributed by atoms with Crippen molar-refractivity contribution in [1.29, 1.82) is 0 Å². The fourth-order valence-electron chi connectivity index (χ4n) is 5.03. The summed E-state index contributed by atoms with van der Waals surface area (Å²) < 4.78 is 16.0. The van der Waals surface area contributed by atoms with Crippen LogP contribution >= 0.6 is 0 Å². The molecule has 4 rings (SSSR count). The fourth-order valence-corrected chi connectivity index (χ4v) is 5.03. The first-order valence-electron chi connectivity index (χ1n) is 15.4. The van der Waals surface area contributed by atoms with E-state index in [4.69, 9.17) is 14.2 Å². The SMILES string of the molecule is COc1ccc(C[C@H](NC(=O)[C@H](C)NC(=O)[C@@H]2CCN2C(=O)OC(C)(C)C)C(=O)N[C@@H](Cc2ccccc2)C(=O)[C@@]2(C)CO2)cc1. The Labute approximate surface area is 269 Å². The summed E-state index contributed by atoms with van der Waals surface area (Å²) in [6.45, 7) is 9.04. The highest BCUT2D eigenvalue weighted by Gasteiger charge is 2.50. The fraction of sp³-hybridized carbons (Fsp3) is 0.500. The van der Waals surface area contributed by atoms with Crippen molar-refractivity contribution in [2.24, 2.45) is 0 Å². The average molecular weight is 637 g/mol. The number of nitrogens with one attached hydrogen (secondary N) is 3. The second kappa shape index (κ2) is 14.3. The number of hydrogen-bond acceptors (Lipinski definition) is 8. The Morgan fingerprint density at radius 2 is 1.50 bits per heavy atom. The van der Waals surface area contributed by atoms with Gasteiger partial charge in [-0.25, -0.2) is 4.79 Å². The number of ether oxygens (including phenoxy) is 3. The van der Waals surface area contributed by atoms with Crippen molar-refractivity contribution in [2.75, 3.05) is 20.3 Å². The monoisotopic (exact) mass is 636 g/mol. The third kappa shape index (κ3) is 9.06. The average Bonchev–Trinajstić information content (AvgIpc) is 3.73. The Morgan fingerprint density at radius 3 is 2.04 bits per heavy atom. The number of amides is 4. The van der Waals surface area contributed by atoms with Gasteiger partial charge in [-0.2, -0.15) is 0 Å². The number of Topliss-reactive ketones (excluding diaryl/α,β-unsaturated/α-hetero) is 1. The molecule has 0 radical (unpaired) electrons. The molecule has 46 heavy (non-hydrogen) atoms. The zero-order chi connectivity index (χ0) is 33.6. The summed E-state index contributed by atoms with van der Waals surface area (Å²) in [7, 11) is 1.55. The van der Waals surface area contributed by atoms with Crippen LogP contribution in [0.3, 0.4) is 0 Å². The third-order valence-corrected chi connectivity index (χ3v) is 7.95. The highest BCUT2D eigenvalue weighted by molar-refractivity contribution is 5.99. The second-order valence-electron chi connectivity index (χ2n) is 13.0. The topological polar surface area (TPSA) is 156 Å². The summed E-state index contributed by atoms with van der Waals surface area (Å²) in [5.41, 5.74) is -0.0959. The summed E-state index contributed by atoms with van der Waals surface area (Å²) >= 11 is 0. The predicted molar refractivity (Wildman–Crippen MR) is 169 cm³/mol. The Balaban J connectivity index is 1.46. The molecule has 2 saturated heterocycles. The normalized spacial score (nSPS) is 20.7. The standard InChI is InChI=1S/C34H44N4O8/c1-21(35-31(42)27-16-17-38(27)32(43)46-33(2,3)4)29(40)37-26(19-23-12-14-24(44-6)15-13-23)30(41)36-25(28(39)34(5)20-45-34)18-22-10-8-7-9-11-22/h7-15,21,25-27H,16-20H2,1-6H3,(H,35,42)(H,36,41)(H,37,40)/t21-,25-,26-,27-,34+/m0/s1. The lowest BCUT2D eigenvalue weighted by molar-refractivity contribution is -0.136. The van der Waals surface area contributed by atoms with Crippen molar-refractivity contribution in [1.82, 2.24) is 20.9 Å². The van der Waals surface area contributed by atoms with Crippen molar-refractivity contribution in [3.8, 4) is 5.75 Å². The molecule has 3 N–H and O–H groups in total. The molecule has 2 fully saturated rings. The molecule has 0 bridgehead atoms. The Hall–Kier alpha value is -4.45. The van der Waals surface area contributed by atoms with Gasteiger partial charge in [-0.1, -0.05) is 42.5 Å². The van der Waals surface area contributed by atoms with Gasteiger partial charge in [0.2, 0.25) is 17.7 Å². The van der Waals surface area contributed by atoms with E-state index in [9.17, 15) is 24.0 Å². The third-order valence-electron chi connectivity index (χ3n) is 7.95. The van der Waals surface area contributed by atoms with Crippen molar-refractivity contribution in [3.63, 3.8) is 0 Å². The zero-order valence-electron chi connectivity index (χ0n) is 27.3. The van der Waals surface area contributed by atoms with Crippen LogP contribution in [-0.2, 0) is 41.5 Å². The molecule has 2 aromatic rings. The van der Waals surface area contributed by atoms with Crippen LogP contribution < -0.4 is 20.7 Å². The zero-order valence-corrected chi connectivity index (χ0v) is 27.3. The van der Waals surface area contributed by atoms with E-state index in [-0.39, 0.29) is 25.2 Å². The highest BCUT2D eigenvalue weighted by Crippen LogP contribution is 2.29. The van der Waals surface area contributed by atoms with Gasteiger partial charge in [0, 0.05) is 13.0 Å². The minimum Gasteiger partial charge on any atom is -0.497 e. The summed E-state index contributed by atoms with van der Waals surface area (Å²) in [6.07, 6.45) is 0.186. The molecule has 2 heterocycles. The van der Waals surface area contributed by atoms with Gasteiger partial charge in [-0.15, -0.1) is 0 Å². The Bertz CT molecular complexity index is 1420. The van der Waals surface area contributed by atoms with Crippen LogP contribution in [0.15, 0.2) is 54.6 Å². The number of carbonyl (C=O) groups excluding carboxylic acids is 5. The molecular formula is C34H44N4O8. The molecule has 0 saturated carbocycles. The number of ketones is 1. The molecule has 0 spiro atoms.